The third kappa shape index (κ3) is 4.70. The van der Waals surface area contributed by atoms with Gasteiger partial charge in [0.2, 0.25) is 0 Å². The number of hydrogen-bond acceptors (Lipinski definition) is 2. The molecule has 2 saturated carbocycles. The monoisotopic (exact) mass is 394 g/mol. The lowest BCUT2D eigenvalue weighted by molar-refractivity contribution is -0.225. The van der Waals surface area contributed by atoms with Crippen LogP contribution < -0.4 is 0 Å². The number of rotatable bonds is 4. The molecule has 0 amide bonds. The van der Waals surface area contributed by atoms with Gasteiger partial charge in [-0.05, 0) is 80.3 Å². The van der Waals surface area contributed by atoms with Crippen LogP contribution in [0.5, 0.6) is 0 Å². The molecule has 2 nitrogen and oxygen atoms in total. The van der Waals surface area contributed by atoms with Crippen molar-refractivity contribution in [3.63, 3.8) is 0 Å². The maximum atomic E-state index is 14.8. The van der Waals surface area contributed by atoms with E-state index < -0.39 is 0 Å². The van der Waals surface area contributed by atoms with Gasteiger partial charge in [0.25, 0.3) is 0 Å². The van der Waals surface area contributed by atoms with Crippen LogP contribution in [0.4, 0.5) is 8.78 Å². The van der Waals surface area contributed by atoms with Crippen molar-refractivity contribution >= 4 is 0 Å². The molecule has 0 spiro atoms. The molecule has 3 fully saturated rings. The molecule has 0 bridgehead atoms. The Morgan fingerprint density at radius 2 is 1.61 bits per heavy atom. The molecule has 1 atom stereocenters. The Balaban J connectivity index is 1.26. The Hall–Kier alpha value is -0.740. The smallest absolute Gasteiger partial charge is 0.164 e. The van der Waals surface area contributed by atoms with Gasteiger partial charge in [-0.15, -0.1) is 0 Å². The summed E-state index contributed by atoms with van der Waals surface area (Å²) >= 11 is 0. The molecule has 0 aromatic carbocycles. The normalized spacial score (nSPS) is 42.6. The van der Waals surface area contributed by atoms with Gasteiger partial charge in [-0.25, -0.2) is 4.39 Å². The van der Waals surface area contributed by atoms with Crippen LogP contribution in [-0.4, -0.2) is 26.2 Å². The summed E-state index contributed by atoms with van der Waals surface area (Å²) in [7, 11) is 0. The van der Waals surface area contributed by atoms with Crippen molar-refractivity contribution in [3.05, 3.63) is 23.6 Å². The zero-order valence-corrected chi connectivity index (χ0v) is 17.3. The molecule has 0 N–H and O–H groups in total. The largest absolute Gasteiger partial charge is 0.352 e. The third-order valence-electron chi connectivity index (χ3n) is 7.78. The first-order chi connectivity index (χ1) is 13.6. The van der Waals surface area contributed by atoms with Crippen LogP contribution in [0.2, 0.25) is 0 Å². The first-order valence-corrected chi connectivity index (χ1v) is 11.5. The molecule has 1 heterocycles. The predicted octanol–water partition coefficient (Wildman–Crippen LogP) is 6.38. The van der Waals surface area contributed by atoms with E-state index in [1.54, 1.807) is 6.08 Å². The second-order valence-corrected chi connectivity index (χ2v) is 9.76. The van der Waals surface area contributed by atoms with E-state index in [0.717, 1.165) is 62.7 Å². The molecule has 158 valence electrons. The second-order valence-electron chi connectivity index (χ2n) is 9.76. The lowest BCUT2D eigenvalue weighted by Gasteiger charge is -2.39. The van der Waals surface area contributed by atoms with Gasteiger partial charge in [-0.3, -0.25) is 4.39 Å². The molecule has 4 rings (SSSR count). The van der Waals surface area contributed by atoms with Gasteiger partial charge in [0, 0.05) is 11.8 Å². The molecular weight excluding hydrogens is 358 g/mol. The molecule has 28 heavy (non-hydrogen) atoms. The number of ether oxygens (including phenoxy) is 2. The molecule has 1 aliphatic heterocycles. The maximum absolute atomic E-state index is 14.8. The van der Waals surface area contributed by atoms with Gasteiger partial charge in [0.15, 0.2) is 6.29 Å². The number of hydrogen-bond donors (Lipinski definition) is 0. The van der Waals surface area contributed by atoms with Crippen LogP contribution in [0.15, 0.2) is 23.6 Å². The van der Waals surface area contributed by atoms with E-state index in [-0.39, 0.29) is 36.5 Å². The van der Waals surface area contributed by atoms with Crippen molar-refractivity contribution in [2.24, 2.45) is 35.5 Å². The Morgan fingerprint density at radius 1 is 0.929 bits per heavy atom. The van der Waals surface area contributed by atoms with E-state index in [1.165, 1.54) is 25.7 Å². The molecular formula is C24H36F2O2. The van der Waals surface area contributed by atoms with E-state index in [9.17, 15) is 8.78 Å². The molecule has 0 radical (unpaired) electrons. The van der Waals surface area contributed by atoms with Crippen LogP contribution in [0.3, 0.4) is 0 Å². The molecule has 1 saturated heterocycles. The van der Waals surface area contributed by atoms with Gasteiger partial charge in [-0.2, -0.15) is 0 Å². The maximum Gasteiger partial charge on any atom is 0.164 e. The first-order valence-electron chi connectivity index (χ1n) is 11.5. The highest BCUT2D eigenvalue weighted by Gasteiger charge is 2.35. The number of allylic oxidation sites excluding steroid dienone is 3. The minimum Gasteiger partial charge on any atom is -0.352 e. The quantitative estimate of drug-likeness (QED) is 0.551. The minimum absolute atomic E-state index is 0.0294. The number of halogens is 2. The molecule has 4 heteroatoms. The van der Waals surface area contributed by atoms with Gasteiger partial charge in [-0.1, -0.05) is 25.8 Å². The van der Waals surface area contributed by atoms with Crippen LogP contribution >= 0.6 is 0 Å². The van der Waals surface area contributed by atoms with Crippen molar-refractivity contribution in [1.29, 1.82) is 0 Å². The van der Waals surface area contributed by atoms with Crippen LogP contribution in [0.1, 0.15) is 64.7 Å². The lowest BCUT2D eigenvalue weighted by Crippen LogP contribution is -2.40. The predicted molar refractivity (Wildman–Crippen MR) is 107 cm³/mol. The number of alkyl halides is 1. The highest BCUT2D eigenvalue weighted by molar-refractivity contribution is 5.32. The van der Waals surface area contributed by atoms with E-state index in [4.69, 9.17) is 9.47 Å². The van der Waals surface area contributed by atoms with Crippen LogP contribution in [0, 0.1) is 35.5 Å². The van der Waals surface area contributed by atoms with Crippen molar-refractivity contribution in [1.82, 2.24) is 0 Å². The molecule has 4 aliphatic rings. The van der Waals surface area contributed by atoms with Gasteiger partial charge < -0.3 is 9.47 Å². The van der Waals surface area contributed by atoms with E-state index in [0.29, 0.717) is 5.92 Å². The SMILES string of the molecule is CC1CCC(C2COC(C3C=C(F)C(C4CCC(CF)CC4)=CC3)OC2)CC1. The summed E-state index contributed by atoms with van der Waals surface area (Å²) in [5.74, 6) is 2.39. The summed E-state index contributed by atoms with van der Waals surface area (Å²) in [5.41, 5.74) is 0.846. The van der Waals surface area contributed by atoms with Crippen molar-refractivity contribution in [2.75, 3.05) is 19.9 Å². The van der Waals surface area contributed by atoms with Crippen molar-refractivity contribution in [2.45, 2.75) is 71.0 Å². The fourth-order valence-electron chi connectivity index (χ4n) is 5.70. The summed E-state index contributed by atoms with van der Waals surface area (Å²) in [4.78, 5) is 0. The highest BCUT2D eigenvalue weighted by Crippen LogP contribution is 2.41. The third-order valence-corrected chi connectivity index (χ3v) is 7.78. The Labute approximate surface area is 168 Å². The van der Waals surface area contributed by atoms with E-state index in [2.05, 4.69) is 13.0 Å². The molecule has 0 aromatic rings. The van der Waals surface area contributed by atoms with E-state index >= 15 is 0 Å². The topological polar surface area (TPSA) is 18.5 Å². The summed E-state index contributed by atoms with van der Waals surface area (Å²) < 4.78 is 39.8. The van der Waals surface area contributed by atoms with Gasteiger partial charge >= 0.3 is 0 Å². The van der Waals surface area contributed by atoms with E-state index in [1.807, 2.05) is 0 Å². The second kappa shape index (κ2) is 9.38. The molecule has 1 unspecified atom stereocenters. The fraction of sp³-hybridized carbons (Fsp3) is 0.833. The standard InChI is InChI=1S/C24H36F2O2/c1-16-2-6-18(7-3-16)21-14-27-24(28-15-21)20-10-11-22(23(26)12-20)19-8-4-17(13-25)5-9-19/h11-12,16-21,24H,2-10,13-15H2,1H3. The van der Waals surface area contributed by atoms with Gasteiger partial charge in [0.05, 0.1) is 19.9 Å². The first kappa shape index (κ1) is 20.5. The molecule has 3 aliphatic carbocycles. The molecule has 0 aromatic heterocycles. The fourth-order valence-corrected chi connectivity index (χ4v) is 5.70. The zero-order chi connectivity index (χ0) is 19.5. The summed E-state index contributed by atoms with van der Waals surface area (Å²) in [6, 6.07) is 0. The zero-order valence-electron chi connectivity index (χ0n) is 17.3. The van der Waals surface area contributed by atoms with Crippen molar-refractivity contribution < 1.29 is 18.3 Å². The Bertz CT molecular complexity index is 563. The Kier molecular flexibility index (Phi) is 6.88. The van der Waals surface area contributed by atoms with Gasteiger partial charge in [0.1, 0.15) is 5.83 Å². The highest BCUT2D eigenvalue weighted by atomic mass is 19.1. The lowest BCUT2D eigenvalue weighted by atomic mass is 9.76. The average molecular weight is 395 g/mol. The Morgan fingerprint density at radius 3 is 2.21 bits per heavy atom. The van der Waals surface area contributed by atoms with Crippen molar-refractivity contribution in [3.8, 4) is 0 Å². The van der Waals surface area contributed by atoms with Crippen LogP contribution in [0.25, 0.3) is 0 Å². The van der Waals surface area contributed by atoms with Crippen LogP contribution in [-0.2, 0) is 9.47 Å². The summed E-state index contributed by atoms with van der Waals surface area (Å²) in [5, 5.41) is 0. The average Bonchev–Trinajstić information content (AvgIpc) is 2.74. The summed E-state index contributed by atoms with van der Waals surface area (Å²) in [6.45, 7) is 3.61. The minimum atomic E-state index is -0.315. The summed E-state index contributed by atoms with van der Waals surface area (Å²) in [6.07, 6.45) is 13.0.